The quantitative estimate of drug-likeness (QED) is 0.934. The van der Waals surface area contributed by atoms with Gasteiger partial charge in [-0.05, 0) is 68.1 Å². The second kappa shape index (κ2) is 6.87. The number of carbonyl (C=O) groups excluding carboxylic acids is 2. The van der Waals surface area contributed by atoms with Gasteiger partial charge in [-0.1, -0.05) is 12.1 Å². The Hall–Kier alpha value is -2.62. The fourth-order valence-electron chi connectivity index (χ4n) is 3.15. The van der Waals surface area contributed by atoms with Gasteiger partial charge in [-0.3, -0.25) is 9.59 Å². The molecule has 0 radical (unpaired) electrons. The maximum absolute atomic E-state index is 12.5. The molecular formula is C20H22N2O2. The Morgan fingerprint density at radius 3 is 2.21 bits per heavy atom. The zero-order valence-electron chi connectivity index (χ0n) is 14.1. The molecule has 24 heavy (non-hydrogen) atoms. The molecule has 2 amide bonds. The zero-order valence-corrected chi connectivity index (χ0v) is 14.1. The molecule has 0 spiro atoms. The minimum absolute atomic E-state index is 0.00792. The van der Waals surface area contributed by atoms with E-state index in [0.29, 0.717) is 11.1 Å². The maximum atomic E-state index is 12.5. The topological polar surface area (TPSA) is 49.4 Å². The normalized spacial score (nSPS) is 13.8. The van der Waals surface area contributed by atoms with Crippen molar-refractivity contribution in [1.82, 2.24) is 4.90 Å². The number of hydrogen-bond acceptors (Lipinski definition) is 2. The van der Waals surface area contributed by atoms with Crippen LogP contribution in [0.25, 0.3) is 0 Å². The third-order valence-corrected chi connectivity index (χ3v) is 4.24. The molecule has 4 heteroatoms. The van der Waals surface area contributed by atoms with Gasteiger partial charge in [-0.2, -0.15) is 0 Å². The van der Waals surface area contributed by atoms with Crippen LogP contribution in [0.5, 0.6) is 0 Å². The van der Waals surface area contributed by atoms with Crippen LogP contribution < -0.4 is 5.32 Å². The van der Waals surface area contributed by atoms with Crippen molar-refractivity contribution < 1.29 is 9.59 Å². The molecule has 2 aromatic rings. The van der Waals surface area contributed by atoms with Gasteiger partial charge in [0.2, 0.25) is 0 Å². The van der Waals surface area contributed by atoms with Crippen LogP contribution in [0, 0.1) is 13.8 Å². The van der Waals surface area contributed by atoms with E-state index >= 15 is 0 Å². The van der Waals surface area contributed by atoms with E-state index in [0.717, 1.165) is 42.7 Å². The van der Waals surface area contributed by atoms with Crippen molar-refractivity contribution in [3.63, 3.8) is 0 Å². The van der Waals surface area contributed by atoms with Gasteiger partial charge < -0.3 is 10.2 Å². The summed E-state index contributed by atoms with van der Waals surface area (Å²) in [7, 11) is 0. The molecule has 1 N–H and O–H groups in total. The summed E-state index contributed by atoms with van der Waals surface area (Å²) >= 11 is 0. The zero-order chi connectivity index (χ0) is 17.1. The van der Waals surface area contributed by atoms with Crippen molar-refractivity contribution in [2.24, 2.45) is 0 Å². The van der Waals surface area contributed by atoms with Crippen LogP contribution in [-0.2, 0) is 0 Å². The Balaban J connectivity index is 1.77. The SMILES string of the molecule is Cc1cc(C)cc(NC(=O)c2cccc(C(=O)N3CCCC3)c2)c1. The summed E-state index contributed by atoms with van der Waals surface area (Å²) in [6.07, 6.45) is 2.11. The molecule has 0 unspecified atom stereocenters. The lowest BCUT2D eigenvalue weighted by Gasteiger charge is -2.15. The minimum Gasteiger partial charge on any atom is -0.339 e. The number of benzene rings is 2. The van der Waals surface area contributed by atoms with Gasteiger partial charge in [0.1, 0.15) is 0 Å². The number of rotatable bonds is 3. The average Bonchev–Trinajstić information content (AvgIpc) is 3.07. The summed E-state index contributed by atoms with van der Waals surface area (Å²) in [5, 5.41) is 2.91. The van der Waals surface area contributed by atoms with E-state index < -0.39 is 0 Å². The van der Waals surface area contributed by atoms with Gasteiger partial charge in [0, 0.05) is 29.9 Å². The van der Waals surface area contributed by atoms with Crippen LogP contribution in [0.15, 0.2) is 42.5 Å². The number of anilines is 1. The number of nitrogens with one attached hydrogen (secondary N) is 1. The second-order valence-electron chi connectivity index (χ2n) is 6.41. The predicted octanol–water partition coefficient (Wildman–Crippen LogP) is 3.79. The van der Waals surface area contributed by atoms with Crippen LogP contribution in [0.3, 0.4) is 0 Å². The Kier molecular flexibility index (Phi) is 4.65. The second-order valence-corrected chi connectivity index (χ2v) is 6.41. The standard InChI is InChI=1S/C20H22N2O2/c1-14-10-15(2)12-18(11-14)21-19(23)16-6-5-7-17(13-16)20(24)22-8-3-4-9-22/h5-7,10-13H,3-4,8-9H2,1-2H3,(H,21,23). The molecule has 124 valence electrons. The van der Waals surface area contributed by atoms with Gasteiger partial charge in [0.05, 0.1) is 0 Å². The first kappa shape index (κ1) is 16.2. The summed E-state index contributed by atoms with van der Waals surface area (Å²) in [4.78, 5) is 26.8. The number of amides is 2. The molecule has 3 rings (SSSR count). The van der Waals surface area contributed by atoms with E-state index in [1.165, 1.54) is 0 Å². The van der Waals surface area contributed by atoms with Gasteiger partial charge in [-0.15, -0.1) is 0 Å². The molecule has 1 heterocycles. The molecule has 0 atom stereocenters. The number of carbonyl (C=O) groups is 2. The van der Waals surface area contributed by atoms with Gasteiger partial charge in [0.15, 0.2) is 0 Å². The molecule has 0 aromatic heterocycles. The smallest absolute Gasteiger partial charge is 0.255 e. The largest absolute Gasteiger partial charge is 0.339 e. The van der Waals surface area contributed by atoms with Gasteiger partial charge in [0.25, 0.3) is 11.8 Å². The van der Waals surface area contributed by atoms with E-state index in [9.17, 15) is 9.59 Å². The third-order valence-electron chi connectivity index (χ3n) is 4.24. The van der Waals surface area contributed by atoms with Crippen molar-refractivity contribution in [2.45, 2.75) is 26.7 Å². The van der Waals surface area contributed by atoms with E-state index in [4.69, 9.17) is 0 Å². The molecule has 2 aromatic carbocycles. The molecular weight excluding hydrogens is 300 g/mol. The highest BCUT2D eigenvalue weighted by Gasteiger charge is 2.20. The Morgan fingerprint density at radius 2 is 1.54 bits per heavy atom. The number of hydrogen-bond donors (Lipinski definition) is 1. The fraction of sp³-hybridized carbons (Fsp3) is 0.300. The van der Waals surface area contributed by atoms with E-state index in [1.54, 1.807) is 24.3 Å². The number of nitrogens with zero attached hydrogens (tertiary/aromatic N) is 1. The molecule has 4 nitrogen and oxygen atoms in total. The predicted molar refractivity (Wildman–Crippen MR) is 95.4 cm³/mol. The van der Waals surface area contributed by atoms with Crippen LogP contribution in [0.4, 0.5) is 5.69 Å². The van der Waals surface area contributed by atoms with Crippen molar-refractivity contribution in [3.05, 3.63) is 64.7 Å². The molecule has 1 fully saturated rings. The lowest BCUT2D eigenvalue weighted by Crippen LogP contribution is -2.27. The van der Waals surface area contributed by atoms with Crippen LogP contribution >= 0.6 is 0 Å². The fourth-order valence-corrected chi connectivity index (χ4v) is 3.15. The third kappa shape index (κ3) is 3.65. The van der Waals surface area contributed by atoms with Gasteiger partial charge >= 0.3 is 0 Å². The molecule has 1 aliphatic heterocycles. The lowest BCUT2D eigenvalue weighted by atomic mass is 10.1. The monoisotopic (exact) mass is 322 g/mol. The van der Waals surface area contributed by atoms with Crippen molar-refractivity contribution in [3.8, 4) is 0 Å². The first-order chi connectivity index (χ1) is 11.5. The molecule has 1 saturated heterocycles. The van der Waals surface area contributed by atoms with E-state index in [-0.39, 0.29) is 11.8 Å². The summed E-state index contributed by atoms with van der Waals surface area (Å²) in [5.41, 5.74) is 4.05. The first-order valence-electron chi connectivity index (χ1n) is 8.32. The number of likely N-dealkylation sites (tertiary alicyclic amines) is 1. The molecule has 0 aliphatic carbocycles. The average molecular weight is 322 g/mol. The summed E-state index contributed by atoms with van der Waals surface area (Å²) in [6.45, 7) is 5.60. The van der Waals surface area contributed by atoms with E-state index in [2.05, 4.69) is 11.4 Å². The summed E-state index contributed by atoms with van der Waals surface area (Å²) in [5.74, 6) is -0.190. The number of aryl methyl sites for hydroxylation is 2. The molecule has 0 bridgehead atoms. The Morgan fingerprint density at radius 1 is 0.917 bits per heavy atom. The highest BCUT2D eigenvalue weighted by Crippen LogP contribution is 2.17. The van der Waals surface area contributed by atoms with Crippen LogP contribution in [0.1, 0.15) is 44.7 Å². The van der Waals surface area contributed by atoms with Crippen molar-refractivity contribution in [2.75, 3.05) is 18.4 Å². The minimum atomic E-state index is -0.198. The van der Waals surface area contributed by atoms with Crippen molar-refractivity contribution in [1.29, 1.82) is 0 Å². The molecule has 1 aliphatic rings. The summed E-state index contributed by atoms with van der Waals surface area (Å²) in [6, 6.07) is 12.9. The Bertz CT molecular complexity index is 757. The highest BCUT2D eigenvalue weighted by atomic mass is 16.2. The summed E-state index contributed by atoms with van der Waals surface area (Å²) < 4.78 is 0. The lowest BCUT2D eigenvalue weighted by molar-refractivity contribution is 0.0793. The maximum Gasteiger partial charge on any atom is 0.255 e. The molecule has 0 saturated carbocycles. The van der Waals surface area contributed by atoms with Gasteiger partial charge in [-0.25, -0.2) is 0 Å². The van der Waals surface area contributed by atoms with Crippen LogP contribution in [0.2, 0.25) is 0 Å². The Labute approximate surface area is 142 Å². The van der Waals surface area contributed by atoms with Crippen LogP contribution in [-0.4, -0.2) is 29.8 Å². The van der Waals surface area contributed by atoms with Crippen molar-refractivity contribution >= 4 is 17.5 Å². The highest BCUT2D eigenvalue weighted by molar-refractivity contribution is 6.06. The van der Waals surface area contributed by atoms with E-state index in [1.807, 2.05) is 30.9 Å². The first-order valence-corrected chi connectivity index (χ1v) is 8.32.